The number of hydrogen-bond acceptors (Lipinski definition) is 5. The quantitative estimate of drug-likeness (QED) is 0.249. The highest BCUT2D eigenvalue weighted by molar-refractivity contribution is 14.1. The molecule has 1 fully saturated rings. The van der Waals surface area contributed by atoms with Crippen LogP contribution in [0.4, 0.5) is 17.1 Å². The smallest absolute Gasteiger partial charge is 0.293 e. The summed E-state index contributed by atoms with van der Waals surface area (Å²) in [5.74, 6) is -0.486. The number of piperidine rings is 1. The Kier molecular flexibility index (Phi) is 7.24. The molecule has 0 aromatic heterocycles. The molecule has 1 amide bonds. The second kappa shape index (κ2) is 9.69. The molecule has 30 heavy (non-hydrogen) atoms. The highest BCUT2D eigenvalue weighted by Gasteiger charge is 2.23. The number of thiocarbonyl (C=S) groups is 1. The van der Waals surface area contributed by atoms with Gasteiger partial charge in [-0.25, -0.2) is 0 Å². The van der Waals surface area contributed by atoms with Gasteiger partial charge < -0.3 is 10.2 Å². The van der Waals surface area contributed by atoms with Crippen LogP contribution in [0.2, 0.25) is 0 Å². The normalized spacial score (nSPS) is 13.6. The Labute approximate surface area is 194 Å². The van der Waals surface area contributed by atoms with Gasteiger partial charge in [0.05, 0.1) is 4.92 Å². The Bertz CT molecular complexity index is 983. The fourth-order valence-corrected chi connectivity index (χ4v) is 4.09. The van der Waals surface area contributed by atoms with Crippen molar-refractivity contribution in [1.82, 2.24) is 5.32 Å². The van der Waals surface area contributed by atoms with Crippen molar-refractivity contribution in [2.24, 2.45) is 0 Å². The largest absolute Gasteiger partial charge is 0.366 e. The molecule has 7 nitrogen and oxygen atoms in total. The monoisotopic (exact) mass is 538 g/mol. The molecule has 0 atom stereocenters. The molecule has 2 aromatic carbocycles. The van der Waals surface area contributed by atoms with Gasteiger partial charge >= 0.3 is 0 Å². The second-order valence-electron chi connectivity index (χ2n) is 7.34. The number of nitro benzene ring substituents is 1. The third-order valence-electron chi connectivity index (χ3n) is 5.05. The van der Waals surface area contributed by atoms with E-state index in [1.165, 1.54) is 9.64 Å². The minimum atomic E-state index is -0.486. The highest BCUT2D eigenvalue weighted by atomic mass is 127. The molecule has 158 valence electrons. The number of benzene rings is 2. The third-order valence-corrected chi connectivity index (χ3v) is 6.96. The number of amides is 1. The van der Waals surface area contributed by atoms with Crippen LogP contribution in [0.1, 0.15) is 40.7 Å². The van der Waals surface area contributed by atoms with E-state index >= 15 is 0 Å². The topological polar surface area (TPSA) is 87.5 Å². The number of nitrogens with zero attached hydrogens (tertiary/aromatic N) is 2. The van der Waals surface area contributed by atoms with E-state index in [9.17, 15) is 14.9 Å². The Morgan fingerprint density at radius 3 is 2.37 bits per heavy atom. The SMILES string of the molecule is Cc1cc(NC(=S)NC(=O)c2ccc(N3CCCCC3)c([N+](=O)[O-])c2)cc(C)c1I. The zero-order valence-electron chi connectivity index (χ0n) is 16.8. The van der Waals surface area contributed by atoms with Crippen molar-refractivity contribution >= 4 is 62.9 Å². The number of carbonyl (C=O) groups excluding carboxylic acids is 1. The molecule has 2 N–H and O–H groups in total. The summed E-state index contributed by atoms with van der Waals surface area (Å²) in [6.45, 7) is 5.58. The molecule has 0 radical (unpaired) electrons. The average Bonchev–Trinajstić information content (AvgIpc) is 2.72. The molecule has 1 saturated heterocycles. The van der Waals surface area contributed by atoms with E-state index < -0.39 is 10.8 Å². The predicted octanol–water partition coefficient (Wildman–Crippen LogP) is 4.93. The molecule has 1 heterocycles. The van der Waals surface area contributed by atoms with Crippen LogP contribution in [0.25, 0.3) is 0 Å². The zero-order chi connectivity index (χ0) is 21.8. The molecule has 2 aromatic rings. The molecule has 0 aliphatic carbocycles. The standard InChI is InChI=1S/C21H23IN4O3S/c1-13-10-16(11-14(2)19(13)22)23-21(30)24-20(27)15-6-7-17(18(12-15)26(28)29)25-8-4-3-5-9-25/h6-7,10-12H,3-5,8-9H2,1-2H3,(H2,23,24,27,30). The van der Waals surface area contributed by atoms with Crippen LogP contribution in [0.3, 0.4) is 0 Å². The van der Waals surface area contributed by atoms with E-state index in [2.05, 4.69) is 33.2 Å². The third kappa shape index (κ3) is 5.25. The maximum Gasteiger partial charge on any atom is 0.293 e. The summed E-state index contributed by atoms with van der Waals surface area (Å²) in [5, 5.41) is 17.4. The molecular weight excluding hydrogens is 515 g/mol. The van der Waals surface area contributed by atoms with Crippen LogP contribution in [0, 0.1) is 27.5 Å². The summed E-state index contributed by atoms with van der Waals surface area (Å²) in [6, 6.07) is 8.48. The van der Waals surface area contributed by atoms with Crippen molar-refractivity contribution in [3.05, 3.63) is 60.7 Å². The summed E-state index contributed by atoms with van der Waals surface area (Å²) >= 11 is 7.54. The predicted molar refractivity (Wildman–Crippen MR) is 131 cm³/mol. The first kappa shape index (κ1) is 22.4. The number of aryl methyl sites for hydroxylation is 2. The molecular formula is C21H23IN4O3S. The summed E-state index contributed by atoms with van der Waals surface area (Å²) in [6.07, 6.45) is 3.16. The maximum absolute atomic E-state index is 12.6. The van der Waals surface area contributed by atoms with E-state index in [4.69, 9.17) is 12.2 Å². The van der Waals surface area contributed by atoms with Crippen LogP contribution in [0.5, 0.6) is 0 Å². The summed E-state index contributed by atoms with van der Waals surface area (Å²) in [4.78, 5) is 25.8. The molecule has 1 aliphatic heterocycles. The number of carbonyl (C=O) groups is 1. The van der Waals surface area contributed by atoms with Crippen molar-refractivity contribution in [3.63, 3.8) is 0 Å². The Balaban J connectivity index is 1.73. The molecule has 1 aliphatic rings. The number of hydrogen-bond donors (Lipinski definition) is 2. The van der Waals surface area contributed by atoms with Gasteiger partial charge in [0.2, 0.25) is 0 Å². The summed E-state index contributed by atoms with van der Waals surface area (Å²) in [7, 11) is 0. The fraction of sp³-hybridized carbons (Fsp3) is 0.333. The minimum Gasteiger partial charge on any atom is -0.366 e. The molecule has 9 heteroatoms. The van der Waals surface area contributed by atoms with E-state index in [0.717, 1.165) is 49.2 Å². The van der Waals surface area contributed by atoms with Crippen LogP contribution in [0.15, 0.2) is 30.3 Å². The van der Waals surface area contributed by atoms with E-state index in [1.807, 2.05) is 30.9 Å². The van der Waals surface area contributed by atoms with Gasteiger partial charge in [-0.05, 0) is 103 Å². The van der Waals surface area contributed by atoms with Crippen molar-refractivity contribution in [2.75, 3.05) is 23.3 Å². The van der Waals surface area contributed by atoms with Gasteiger partial charge in [0.25, 0.3) is 11.6 Å². The summed E-state index contributed by atoms with van der Waals surface area (Å²) in [5.41, 5.74) is 3.69. The number of rotatable bonds is 4. The van der Waals surface area contributed by atoms with Gasteiger partial charge in [0.15, 0.2) is 5.11 Å². The lowest BCUT2D eigenvalue weighted by Gasteiger charge is -2.28. The summed E-state index contributed by atoms with van der Waals surface area (Å²) < 4.78 is 1.18. The number of anilines is 2. The van der Waals surface area contributed by atoms with Crippen molar-refractivity contribution in [2.45, 2.75) is 33.1 Å². The Hall–Kier alpha value is -2.27. The molecule has 0 spiro atoms. The van der Waals surface area contributed by atoms with Crippen LogP contribution >= 0.6 is 34.8 Å². The van der Waals surface area contributed by atoms with Gasteiger partial charge in [0.1, 0.15) is 5.69 Å². The Morgan fingerprint density at radius 1 is 1.13 bits per heavy atom. The lowest BCUT2D eigenvalue weighted by Crippen LogP contribution is -2.34. The lowest BCUT2D eigenvalue weighted by molar-refractivity contribution is -0.384. The maximum atomic E-state index is 12.6. The molecule has 0 bridgehead atoms. The fourth-order valence-electron chi connectivity index (χ4n) is 3.57. The van der Waals surface area contributed by atoms with E-state index in [-0.39, 0.29) is 16.4 Å². The van der Waals surface area contributed by atoms with E-state index in [1.54, 1.807) is 12.1 Å². The molecule has 3 rings (SSSR count). The first-order valence-corrected chi connectivity index (χ1v) is 11.2. The lowest BCUT2D eigenvalue weighted by atomic mass is 10.1. The first-order chi connectivity index (χ1) is 14.3. The zero-order valence-corrected chi connectivity index (χ0v) is 19.8. The second-order valence-corrected chi connectivity index (χ2v) is 8.83. The van der Waals surface area contributed by atoms with Crippen molar-refractivity contribution < 1.29 is 9.72 Å². The molecule has 0 saturated carbocycles. The Morgan fingerprint density at radius 2 is 1.77 bits per heavy atom. The average molecular weight is 538 g/mol. The first-order valence-electron chi connectivity index (χ1n) is 9.68. The van der Waals surface area contributed by atoms with Crippen molar-refractivity contribution in [1.29, 1.82) is 0 Å². The molecule has 0 unspecified atom stereocenters. The van der Waals surface area contributed by atoms with E-state index in [0.29, 0.717) is 5.69 Å². The van der Waals surface area contributed by atoms with Gasteiger partial charge in [0, 0.05) is 34.0 Å². The number of nitrogens with one attached hydrogen (secondary N) is 2. The van der Waals surface area contributed by atoms with Crippen molar-refractivity contribution in [3.8, 4) is 0 Å². The number of nitro groups is 1. The van der Waals surface area contributed by atoms with Gasteiger partial charge in [-0.1, -0.05) is 0 Å². The van der Waals surface area contributed by atoms with Gasteiger partial charge in [-0.3, -0.25) is 20.2 Å². The van der Waals surface area contributed by atoms with Gasteiger partial charge in [-0.2, -0.15) is 0 Å². The highest BCUT2D eigenvalue weighted by Crippen LogP contribution is 2.31. The van der Waals surface area contributed by atoms with Crippen LogP contribution in [-0.4, -0.2) is 29.0 Å². The van der Waals surface area contributed by atoms with Crippen LogP contribution < -0.4 is 15.5 Å². The minimum absolute atomic E-state index is 0.0627. The number of halogens is 1. The van der Waals surface area contributed by atoms with Crippen LogP contribution in [-0.2, 0) is 0 Å². The van der Waals surface area contributed by atoms with Gasteiger partial charge in [-0.15, -0.1) is 0 Å².